The molecule has 0 aliphatic carbocycles. The van der Waals surface area contributed by atoms with Gasteiger partial charge in [-0.3, -0.25) is 9.59 Å². The first-order valence-electron chi connectivity index (χ1n) is 8.88. The normalized spacial score (nSPS) is 22.5. The molecule has 0 spiro atoms. The predicted molar refractivity (Wildman–Crippen MR) is 101 cm³/mol. The Kier molecular flexibility index (Phi) is 6.48. The van der Waals surface area contributed by atoms with Crippen molar-refractivity contribution in [2.45, 2.75) is 52.9 Å². The first-order valence-corrected chi connectivity index (χ1v) is 9.26. The van der Waals surface area contributed by atoms with Gasteiger partial charge in [-0.25, -0.2) is 0 Å². The van der Waals surface area contributed by atoms with Gasteiger partial charge in [-0.2, -0.15) is 0 Å². The zero-order valence-corrected chi connectivity index (χ0v) is 16.9. The van der Waals surface area contributed by atoms with Gasteiger partial charge in [-0.1, -0.05) is 44.5 Å². The maximum absolute atomic E-state index is 12.6. The summed E-state index contributed by atoms with van der Waals surface area (Å²) in [5.74, 6) is -0.945. The molecule has 2 atom stereocenters. The summed E-state index contributed by atoms with van der Waals surface area (Å²) in [6.07, 6.45) is -0.258. The summed E-state index contributed by atoms with van der Waals surface area (Å²) in [5, 5.41) is 3.46. The average molecular weight is 382 g/mol. The highest BCUT2D eigenvalue weighted by Crippen LogP contribution is 2.34. The van der Waals surface area contributed by atoms with E-state index in [1.807, 2.05) is 20.8 Å². The van der Waals surface area contributed by atoms with Crippen LogP contribution in [0.5, 0.6) is 0 Å². The van der Waals surface area contributed by atoms with Crippen molar-refractivity contribution >= 4 is 23.3 Å². The van der Waals surface area contributed by atoms with Gasteiger partial charge in [0, 0.05) is 29.0 Å². The zero-order chi connectivity index (χ0) is 19.5. The molecule has 0 unspecified atom stereocenters. The van der Waals surface area contributed by atoms with Crippen LogP contribution in [0.4, 0.5) is 0 Å². The van der Waals surface area contributed by atoms with Gasteiger partial charge in [0.1, 0.15) is 6.10 Å². The molecule has 0 radical (unpaired) electrons. The number of carbonyl (C=O) groups is 2. The number of amides is 1. The molecule has 0 bridgehead atoms. The Balaban J connectivity index is 1.89. The Bertz CT molecular complexity index is 672. The number of rotatable bonds is 6. The Morgan fingerprint density at radius 2 is 2.00 bits per heavy atom. The molecular weight excluding hydrogens is 354 g/mol. The van der Waals surface area contributed by atoms with Crippen molar-refractivity contribution in [1.29, 1.82) is 0 Å². The first-order chi connectivity index (χ1) is 12.0. The summed E-state index contributed by atoms with van der Waals surface area (Å²) >= 11 is 5.93. The van der Waals surface area contributed by atoms with Gasteiger partial charge in [0.2, 0.25) is 5.91 Å². The van der Waals surface area contributed by atoms with Crippen LogP contribution in [0, 0.1) is 11.3 Å². The lowest BCUT2D eigenvalue weighted by atomic mass is 9.85. The van der Waals surface area contributed by atoms with Crippen LogP contribution in [0.2, 0.25) is 5.02 Å². The van der Waals surface area contributed by atoms with Gasteiger partial charge in [0.05, 0.1) is 6.61 Å². The quantitative estimate of drug-likeness (QED) is 0.760. The van der Waals surface area contributed by atoms with E-state index in [1.165, 1.54) is 0 Å². The fraction of sp³-hybridized carbons (Fsp3) is 0.600. The van der Waals surface area contributed by atoms with Crippen LogP contribution in [0.25, 0.3) is 0 Å². The number of hydrogen-bond acceptors (Lipinski definition) is 4. The molecule has 0 aromatic heterocycles. The largest absolute Gasteiger partial charge is 0.354 e. The van der Waals surface area contributed by atoms with Gasteiger partial charge < -0.3 is 14.8 Å². The number of ether oxygens (including phenoxy) is 2. The van der Waals surface area contributed by atoms with Crippen molar-refractivity contribution in [3.05, 3.63) is 34.9 Å². The number of hydrogen-bond donors (Lipinski definition) is 1. The summed E-state index contributed by atoms with van der Waals surface area (Å²) in [7, 11) is 0. The summed E-state index contributed by atoms with van der Waals surface area (Å²) in [6.45, 7) is 10.3. The van der Waals surface area contributed by atoms with Gasteiger partial charge >= 0.3 is 0 Å². The second-order valence-electron chi connectivity index (χ2n) is 8.16. The molecule has 6 heteroatoms. The van der Waals surface area contributed by atoms with Crippen molar-refractivity contribution in [1.82, 2.24) is 5.32 Å². The Hall–Kier alpha value is -1.43. The van der Waals surface area contributed by atoms with Crippen LogP contribution < -0.4 is 5.32 Å². The van der Waals surface area contributed by atoms with Crippen molar-refractivity contribution in [2.75, 3.05) is 13.2 Å². The second kappa shape index (κ2) is 8.07. The Morgan fingerprint density at radius 1 is 1.31 bits per heavy atom. The molecule has 1 aliphatic heterocycles. The maximum Gasteiger partial charge on any atom is 0.249 e. The molecule has 1 aromatic carbocycles. The van der Waals surface area contributed by atoms with Crippen molar-refractivity contribution < 1.29 is 19.1 Å². The lowest BCUT2D eigenvalue weighted by molar-refractivity contribution is -0.304. The third-order valence-electron chi connectivity index (χ3n) is 4.45. The highest BCUT2D eigenvalue weighted by Gasteiger charge is 2.45. The third-order valence-corrected chi connectivity index (χ3v) is 4.68. The molecule has 1 fully saturated rings. The SMILES string of the molecule is C[C@@H](CNC(=O)[C@@H]1OC(C)(C)OCC1(C)C)CC(=O)c1cccc(Cl)c1. The van der Waals surface area contributed by atoms with E-state index < -0.39 is 17.3 Å². The van der Waals surface area contributed by atoms with Crippen LogP contribution >= 0.6 is 11.6 Å². The number of halogens is 1. The number of Topliss-reactive ketones (excluding diaryl/α,β-unsaturated/α-hetero) is 1. The fourth-order valence-corrected chi connectivity index (χ4v) is 3.05. The molecule has 2 rings (SSSR count). The minimum atomic E-state index is -0.786. The minimum absolute atomic E-state index is 0.00129. The van der Waals surface area contributed by atoms with Crippen molar-refractivity contribution in [3.8, 4) is 0 Å². The maximum atomic E-state index is 12.6. The van der Waals surface area contributed by atoms with E-state index in [4.69, 9.17) is 21.1 Å². The van der Waals surface area contributed by atoms with Crippen LogP contribution in [0.1, 0.15) is 51.4 Å². The van der Waals surface area contributed by atoms with Crippen LogP contribution in [-0.2, 0) is 14.3 Å². The molecule has 5 nitrogen and oxygen atoms in total. The monoisotopic (exact) mass is 381 g/mol. The van der Waals surface area contributed by atoms with E-state index in [0.29, 0.717) is 30.2 Å². The van der Waals surface area contributed by atoms with E-state index >= 15 is 0 Å². The van der Waals surface area contributed by atoms with Crippen LogP contribution in [-0.4, -0.2) is 36.7 Å². The van der Waals surface area contributed by atoms with E-state index in [1.54, 1.807) is 38.1 Å². The molecule has 0 saturated carbocycles. The Labute approximate surface area is 160 Å². The molecule has 1 aliphatic rings. The summed E-state index contributed by atoms with van der Waals surface area (Å²) in [6, 6.07) is 6.91. The molecule has 1 amide bonds. The van der Waals surface area contributed by atoms with Gasteiger partial charge in [0.15, 0.2) is 11.6 Å². The highest BCUT2D eigenvalue weighted by molar-refractivity contribution is 6.31. The molecular formula is C20H28ClNO4. The van der Waals surface area contributed by atoms with E-state index in [2.05, 4.69) is 5.32 Å². The molecule has 144 valence electrons. The molecule has 1 heterocycles. The molecule has 1 N–H and O–H groups in total. The van der Waals surface area contributed by atoms with Crippen molar-refractivity contribution in [2.24, 2.45) is 11.3 Å². The topological polar surface area (TPSA) is 64.6 Å². The number of ketones is 1. The molecule has 1 saturated heterocycles. The molecule has 26 heavy (non-hydrogen) atoms. The van der Waals surface area contributed by atoms with Gasteiger partial charge in [-0.15, -0.1) is 0 Å². The number of benzene rings is 1. The zero-order valence-electron chi connectivity index (χ0n) is 16.1. The average Bonchev–Trinajstić information content (AvgIpc) is 2.55. The standard InChI is InChI=1S/C20H28ClNO4/c1-13(9-16(23)14-7-6-8-15(21)10-14)11-22-18(24)17-19(2,3)12-25-20(4,5)26-17/h6-8,10,13,17H,9,11-12H2,1-5H3,(H,22,24)/t13-,17+/m1/s1. The molecule has 1 aromatic rings. The summed E-state index contributed by atoms with van der Waals surface area (Å²) in [5.41, 5.74) is 0.172. The summed E-state index contributed by atoms with van der Waals surface area (Å²) in [4.78, 5) is 24.9. The van der Waals surface area contributed by atoms with Crippen LogP contribution in [0.15, 0.2) is 24.3 Å². The van der Waals surface area contributed by atoms with Crippen LogP contribution in [0.3, 0.4) is 0 Å². The fourth-order valence-electron chi connectivity index (χ4n) is 2.86. The second-order valence-corrected chi connectivity index (χ2v) is 8.60. The smallest absolute Gasteiger partial charge is 0.249 e. The highest BCUT2D eigenvalue weighted by atomic mass is 35.5. The third kappa shape index (κ3) is 5.53. The van der Waals surface area contributed by atoms with Gasteiger partial charge in [-0.05, 0) is 31.9 Å². The number of nitrogens with one attached hydrogen (secondary N) is 1. The van der Waals surface area contributed by atoms with E-state index in [0.717, 1.165) is 0 Å². The Morgan fingerprint density at radius 3 is 2.65 bits per heavy atom. The first kappa shape index (κ1) is 20.9. The van der Waals surface area contributed by atoms with E-state index in [-0.39, 0.29) is 17.6 Å². The van der Waals surface area contributed by atoms with Crippen molar-refractivity contribution in [3.63, 3.8) is 0 Å². The minimum Gasteiger partial charge on any atom is -0.354 e. The lowest BCUT2D eigenvalue weighted by Crippen LogP contribution is -2.56. The lowest BCUT2D eigenvalue weighted by Gasteiger charge is -2.44. The summed E-state index contributed by atoms with van der Waals surface area (Å²) < 4.78 is 11.5. The van der Waals surface area contributed by atoms with E-state index in [9.17, 15) is 9.59 Å². The predicted octanol–water partition coefficient (Wildman–Crippen LogP) is 3.84. The van der Waals surface area contributed by atoms with Gasteiger partial charge in [0.25, 0.3) is 0 Å². The number of carbonyl (C=O) groups excluding carboxylic acids is 2.